The van der Waals surface area contributed by atoms with E-state index in [1.54, 1.807) is 30.0 Å². The van der Waals surface area contributed by atoms with Gasteiger partial charge in [-0.1, -0.05) is 6.07 Å². The second kappa shape index (κ2) is 11.0. The van der Waals surface area contributed by atoms with Crippen LogP contribution in [0.4, 0.5) is 5.69 Å². The Morgan fingerprint density at radius 2 is 1.72 bits per heavy atom. The molecule has 8 heteroatoms. The molecule has 2 rings (SSSR count). The molecule has 0 saturated carbocycles. The van der Waals surface area contributed by atoms with Crippen LogP contribution in [0.3, 0.4) is 0 Å². The minimum absolute atomic E-state index is 0.387. The molecule has 0 unspecified atom stereocenters. The van der Waals surface area contributed by atoms with E-state index in [0.29, 0.717) is 28.5 Å². The summed E-state index contributed by atoms with van der Waals surface area (Å²) in [7, 11) is 4.52. The first-order valence-electron chi connectivity index (χ1n) is 8.59. The van der Waals surface area contributed by atoms with Crippen molar-refractivity contribution in [2.24, 2.45) is 0 Å². The van der Waals surface area contributed by atoms with E-state index in [2.05, 4.69) is 5.32 Å². The predicted molar refractivity (Wildman–Crippen MR) is 113 cm³/mol. The van der Waals surface area contributed by atoms with Gasteiger partial charge in [0.25, 0.3) is 5.91 Å². The smallest absolute Gasteiger partial charge is 0.331 e. The number of amides is 1. The van der Waals surface area contributed by atoms with E-state index in [1.807, 2.05) is 24.5 Å². The fraction of sp³-hybridized carbons (Fsp3) is 0.238. The highest BCUT2D eigenvalue weighted by Crippen LogP contribution is 2.38. The standard InChI is InChI=1S/C21H23NO6S/c1-25-17-10-14(11-18(26-2)21(17)27-3)8-9-20(24)28-13-19(23)22-15-6-5-7-16(12-15)29-4/h5-12H,13H2,1-4H3,(H,22,23). The fourth-order valence-electron chi connectivity index (χ4n) is 2.44. The molecule has 154 valence electrons. The van der Waals surface area contributed by atoms with Crippen molar-refractivity contribution in [1.29, 1.82) is 0 Å². The van der Waals surface area contributed by atoms with Crippen LogP contribution in [0.5, 0.6) is 17.2 Å². The summed E-state index contributed by atoms with van der Waals surface area (Å²) in [5.74, 6) is 0.319. The molecule has 0 heterocycles. The van der Waals surface area contributed by atoms with E-state index < -0.39 is 11.9 Å². The molecule has 0 spiro atoms. The zero-order valence-corrected chi connectivity index (χ0v) is 17.5. The van der Waals surface area contributed by atoms with Gasteiger partial charge < -0.3 is 24.3 Å². The van der Waals surface area contributed by atoms with Gasteiger partial charge in [0.2, 0.25) is 5.75 Å². The van der Waals surface area contributed by atoms with Crippen molar-refractivity contribution in [3.05, 3.63) is 48.0 Å². The van der Waals surface area contributed by atoms with Gasteiger partial charge in [-0.15, -0.1) is 11.8 Å². The summed E-state index contributed by atoms with van der Waals surface area (Å²) in [6, 6.07) is 10.8. The Balaban J connectivity index is 1.94. The van der Waals surface area contributed by atoms with E-state index in [0.717, 1.165) is 4.90 Å². The number of rotatable bonds is 9. The molecule has 0 bridgehead atoms. The average Bonchev–Trinajstić information content (AvgIpc) is 2.75. The summed E-state index contributed by atoms with van der Waals surface area (Å²) < 4.78 is 20.8. The number of benzene rings is 2. The monoisotopic (exact) mass is 417 g/mol. The predicted octanol–water partition coefficient (Wildman–Crippen LogP) is 3.63. The van der Waals surface area contributed by atoms with Crippen molar-refractivity contribution in [3.8, 4) is 17.2 Å². The van der Waals surface area contributed by atoms with Crippen molar-refractivity contribution in [2.75, 3.05) is 39.5 Å². The Morgan fingerprint density at radius 1 is 1.03 bits per heavy atom. The van der Waals surface area contributed by atoms with Gasteiger partial charge in [0, 0.05) is 16.7 Å². The zero-order chi connectivity index (χ0) is 21.2. The maximum atomic E-state index is 12.0. The number of thioether (sulfide) groups is 1. The first kappa shape index (κ1) is 22.2. The first-order chi connectivity index (χ1) is 14.0. The number of esters is 1. The molecule has 29 heavy (non-hydrogen) atoms. The van der Waals surface area contributed by atoms with Gasteiger partial charge in [-0.2, -0.15) is 0 Å². The molecule has 0 aliphatic carbocycles. The third-order valence-electron chi connectivity index (χ3n) is 3.80. The Labute approximate surface area is 174 Å². The summed E-state index contributed by atoms with van der Waals surface area (Å²) >= 11 is 1.57. The molecule has 1 N–H and O–H groups in total. The third-order valence-corrected chi connectivity index (χ3v) is 4.52. The molecular weight excluding hydrogens is 394 g/mol. The highest BCUT2D eigenvalue weighted by molar-refractivity contribution is 7.98. The van der Waals surface area contributed by atoms with Crippen LogP contribution in [0.25, 0.3) is 6.08 Å². The van der Waals surface area contributed by atoms with Crippen LogP contribution in [0, 0.1) is 0 Å². The van der Waals surface area contributed by atoms with Gasteiger partial charge in [-0.3, -0.25) is 4.79 Å². The normalized spacial score (nSPS) is 10.5. The van der Waals surface area contributed by atoms with Crippen LogP contribution in [0.15, 0.2) is 47.4 Å². The summed E-state index contributed by atoms with van der Waals surface area (Å²) in [4.78, 5) is 24.9. The lowest BCUT2D eigenvalue weighted by Crippen LogP contribution is -2.20. The van der Waals surface area contributed by atoms with Gasteiger partial charge in [-0.05, 0) is 48.2 Å². The number of nitrogens with one attached hydrogen (secondary N) is 1. The maximum absolute atomic E-state index is 12.0. The van der Waals surface area contributed by atoms with Gasteiger partial charge in [0.05, 0.1) is 21.3 Å². The van der Waals surface area contributed by atoms with E-state index in [1.165, 1.54) is 33.5 Å². The van der Waals surface area contributed by atoms with E-state index in [9.17, 15) is 9.59 Å². The Morgan fingerprint density at radius 3 is 2.31 bits per heavy atom. The van der Waals surface area contributed by atoms with Crippen LogP contribution in [0.2, 0.25) is 0 Å². The molecule has 7 nitrogen and oxygen atoms in total. The molecule has 2 aromatic rings. The van der Waals surface area contributed by atoms with Crippen molar-refractivity contribution < 1.29 is 28.5 Å². The van der Waals surface area contributed by atoms with E-state index in [4.69, 9.17) is 18.9 Å². The molecule has 0 aromatic heterocycles. The van der Waals surface area contributed by atoms with Gasteiger partial charge in [0.15, 0.2) is 18.1 Å². The average molecular weight is 417 g/mol. The second-order valence-electron chi connectivity index (χ2n) is 5.68. The number of hydrogen-bond donors (Lipinski definition) is 1. The minimum atomic E-state index is -0.647. The third kappa shape index (κ3) is 6.46. The molecule has 0 radical (unpaired) electrons. The molecular formula is C21H23NO6S. The zero-order valence-electron chi connectivity index (χ0n) is 16.7. The topological polar surface area (TPSA) is 83.1 Å². The lowest BCUT2D eigenvalue weighted by molar-refractivity contribution is -0.142. The Kier molecular flexibility index (Phi) is 8.42. The largest absolute Gasteiger partial charge is 0.493 e. The lowest BCUT2D eigenvalue weighted by atomic mass is 10.1. The number of ether oxygens (including phenoxy) is 4. The lowest BCUT2D eigenvalue weighted by Gasteiger charge is -2.12. The van der Waals surface area contributed by atoms with Crippen molar-refractivity contribution >= 4 is 35.4 Å². The summed E-state index contributed by atoms with van der Waals surface area (Å²) in [6.45, 7) is -0.387. The van der Waals surface area contributed by atoms with Crippen molar-refractivity contribution in [1.82, 2.24) is 0 Å². The first-order valence-corrected chi connectivity index (χ1v) is 9.82. The number of hydrogen-bond acceptors (Lipinski definition) is 7. The minimum Gasteiger partial charge on any atom is -0.493 e. The summed E-state index contributed by atoms with van der Waals surface area (Å²) in [5.41, 5.74) is 1.29. The molecule has 0 atom stereocenters. The molecule has 0 fully saturated rings. The van der Waals surface area contributed by atoms with Gasteiger partial charge >= 0.3 is 5.97 Å². The Bertz CT molecular complexity index is 871. The van der Waals surface area contributed by atoms with Gasteiger partial charge in [0.1, 0.15) is 0 Å². The molecule has 1 amide bonds. The summed E-state index contributed by atoms with van der Waals surface area (Å²) in [6.07, 6.45) is 4.71. The fourth-order valence-corrected chi connectivity index (χ4v) is 2.90. The number of carbonyl (C=O) groups excluding carboxylic acids is 2. The number of anilines is 1. The molecule has 0 saturated heterocycles. The number of methoxy groups -OCH3 is 3. The molecule has 0 aliphatic rings. The quantitative estimate of drug-likeness (QED) is 0.379. The highest BCUT2D eigenvalue weighted by atomic mass is 32.2. The van der Waals surface area contributed by atoms with Crippen LogP contribution in [0.1, 0.15) is 5.56 Å². The van der Waals surface area contributed by atoms with E-state index >= 15 is 0 Å². The Hall–Kier alpha value is -3.13. The second-order valence-corrected chi connectivity index (χ2v) is 6.56. The van der Waals surface area contributed by atoms with Crippen LogP contribution in [-0.4, -0.2) is 46.1 Å². The van der Waals surface area contributed by atoms with Crippen LogP contribution < -0.4 is 19.5 Å². The van der Waals surface area contributed by atoms with Crippen molar-refractivity contribution in [2.45, 2.75) is 4.90 Å². The van der Waals surface area contributed by atoms with Crippen LogP contribution in [-0.2, 0) is 14.3 Å². The van der Waals surface area contributed by atoms with Gasteiger partial charge in [-0.25, -0.2) is 4.79 Å². The van der Waals surface area contributed by atoms with Crippen molar-refractivity contribution in [3.63, 3.8) is 0 Å². The van der Waals surface area contributed by atoms with Crippen LogP contribution >= 0.6 is 11.8 Å². The maximum Gasteiger partial charge on any atom is 0.331 e. The molecule has 2 aromatic carbocycles. The molecule has 0 aliphatic heterocycles. The highest BCUT2D eigenvalue weighted by Gasteiger charge is 2.12. The van der Waals surface area contributed by atoms with E-state index in [-0.39, 0.29) is 6.61 Å². The number of carbonyl (C=O) groups is 2. The SMILES string of the molecule is COc1cc(C=CC(=O)OCC(=O)Nc2cccc(SC)c2)cc(OC)c1OC. The summed E-state index contributed by atoms with van der Waals surface area (Å²) in [5, 5.41) is 2.69.